The summed E-state index contributed by atoms with van der Waals surface area (Å²) >= 11 is 7.28. The van der Waals surface area contributed by atoms with E-state index in [1.807, 2.05) is 12.1 Å². The molecular formula is C20H23ClN4O4S. The second-order valence-electron chi connectivity index (χ2n) is 6.56. The molecule has 0 saturated carbocycles. The van der Waals surface area contributed by atoms with Gasteiger partial charge >= 0.3 is 0 Å². The number of carbonyl (C=O) groups excluding carboxylic acids is 2. The van der Waals surface area contributed by atoms with Crippen molar-refractivity contribution in [1.82, 2.24) is 20.2 Å². The summed E-state index contributed by atoms with van der Waals surface area (Å²) in [5.41, 5.74) is 0.980. The molecule has 0 aromatic carbocycles. The first-order chi connectivity index (χ1) is 14.6. The SMILES string of the molecule is O=C(CSCC(=O)N1CCOC(COc2cccnc2Cl)C1)NCc1ccncc1. The van der Waals surface area contributed by atoms with Crippen LogP contribution < -0.4 is 10.1 Å². The molecule has 1 aliphatic heterocycles. The molecule has 160 valence electrons. The molecule has 30 heavy (non-hydrogen) atoms. The highest BCUT2D eigenvalue weighted by Gasteiger charge is 2.25. The fourth-order valence-electron chi connectivity index (χ4n) is 2.78. The molecule has 8 nitrogen and oxygen atoms in total. The van der Waals surface area contributed by atoms with E-state index in [9.17, 15) is 9.59 Å². The van der Waals surface area contributed by atoms with E-state index < -0.39 is 0 Å². The number of morpholine rings is 1. The van der Waals surface area contributed by atoms with Crippen molar-refractivity contribution < 1.29 is 19.1 Å². The number of aromatic nitrogens is 2. The molecule has 2 aromatic rings. The number of ether oxygens (including phenoxy) is 2. The van der Waals surface area contributed by atoms with Crippen molar-refractivity contribution in [2.75, 3.05) is 37.8 Å². The van der Waals surface area contributed by atoms with Crippen LogP contribution in [0.4, 0.5) is 0 Å². The minimum Gasteiger partial charge on any atom is -0.488 e. The number of amides is 2. The van der Waals surface area contributed by atoms with Gasteiger partial charge in [-0.2, -0.15) is 0 Å². The van der Waals surface area contributed by atoms with Crippen LogP contribution in [0, 0.1) is 0 Å². The van der Waals surface area contributed by atoms with Crippen molar-refractivity contribution in [2.24, 2.45) is 0 Å². The second kappa shape index (κ2) is 11.7. The van der Waals surface area contributed by atoms with Crippen LogP contribution >= 0.6 is 23.4 Å². The number of nitrogens with zero attached hydrogens (tertiary/aromatic N) is 3. The molecule has 2 amide bonds. The van der Waals surface area contributed by atoms with Gasteiger partial charge < -0.3 is 19.7 Å². The van der Waals surface area contributed by atoms with Crippen LogP contribution in [0.2, 0.25) is 5.15 Å². The van der Waals surface area contributed by atoms with E-state index >= 15 is 0 Å². The number of thioether (sulfide) groups is 1. The van der Waals surface area contributed by atoms with E-state index in [-0.39, 0.29) is 36.0 Å². The van der Waals surface area contributed by atoms with Crippen LogP contribution in [0.25, 0.3) is 0 Å². The molecular weight excluding hydrogens is 428 g/mol. The van der Waals surface area contributed by atoms with Crippen molar-refractivity contribution in [3.63, 3.8) is 0 Å². The maximum Gasteiger partial charge on any atom is 0.232 e. The van der Waals surface area contributed by atoms with Gasteiger partial charge in [0.2, 0.25) is 11.8 Å². The van der Waals surface area contributed by atoms with Crippen LogP contribution in [-0.4, -0.2) is 70.6 Å². The zero-order chi connectivity index (χ0) is 21.2. The van der Waals surface area contributed by atoms with Crippen molar-refractivity contribution in [2.45, 2.75) is 12.6 Å². The van der Waals surface area contributed by atoms with Gasteiger partial charge in [0.25, 0.3) is 0 Å². The van der Waals surface area contributed by atoms with Gasteiger partial charge in [0, 0.05) is 31.7 Å². The molecule has 1 saturated heterocycles. The van der Waals surface area contributed by atoms with Gasteiger partial charge in [0.05, 0.1) is 24.7 Å². The molecule has 1 atom stereocenters. The number of hydrogen-bond acceptors (Lipinski definition) is 7. The molecule has 0 aliphatic carbocycles. The molecule has 1 aliphatic rings. The van der Waals surface area contributed by atoms with E-state index in [4.69, 9.17) is 21.1 Å². The monoisotopic (exact) mass is 450 g/mol. The first-order valence-electron chi connectivity index (χ1n) is 9.48. The lowest BCUT2D eigenvalue weighted by Gasteiger charge is -2.32. The van der Waals surface area contributed by atoms with Crippen molar-refractivity contribution >= 4 is 35.2 Å². The fourth-order valence-corrected chi connectivity index (χ4v) is 3.70. The number of rotatable bonds is 9. The Balaban J connectivity index is 1.34. The summed E-state index contributed by atoms with van der Waals surface area (Å²) in [6.07, 6.45) is 4.71. The van der Waals surface area contributed by atoms with Gasteiger partial charge in [0.1, 0.15) is 12.7 Å². The number of carbonyl (C=O) groups is 2. The zero-order valence-electron chi connectivity index (χ0n) is 16.3. The fraction of sp³-hybridized carbons (Fsp3) is 0.400. The minimum atomic E-state index is -0.243. The summed E-state index contributed by atoms with van der Waals surface area (Å²) in [6, 6.07) is 7.16. The van der Waals surface area contributed by atoms with Gasteiger partial charge in [-0.15, -0.1) is 11.8 Å². The lowest BCUT2D eigenvalue weighted by Crippen LogP contribution is -2.48. The molecule has 1 unspecified atom stereocenters. The minimum absolute atomic E-state index is 0.0188. The summed E-state index contributed by atoms with van der Waals surface area (Å²) in [5.74, 6) is 0.832. The Morgan fingerprint density at radius 1 is 1.27 bits per heavy atom. The standard InChI is InChI=1S/C20H23ClN4O4S/c21-20-17(2-1-5-23-20)29-12-16-11-25(8-9-28-16)19(27)14-30-13-18(26)24-10-15-3-6-22-7-4-15/h1-7,16H,8-14H2,(H,24,26). The van der Waals surface area contributed by atoms with Gasteiger partial charge in [-0.25, -0.2) is 4.98 Å². The Morgan fingerprint density at radius 2 is 2.10 bits per heavy atom. The smallest absolute Gasteiger partial charge is 0.232 e. The summed E-state index contributed by atoms with van der Waals surface area (Å²) in [5, 5.41) is 3.12. The van der Waals surface area contributed by atoms with Crippen molar-refractivity contribution in [1.29, 1.82) is 0 Å². The molecule has 3 rings (SSSR count). The molecule has 10 heteroatoms. The van der Waals surface area contributed by atoms with E-state index in [1.54, 1.807) is 35.6 Å². The summed E-state index contributed by atoms with van der Waals surface area (Å²) in [6.45, 7) is 2.13. The van der Waals surface area contributed by atoms with E-state index in [2.05, 4.69) is 15.3 Å². The maximum atomic E-state index is 12.5. The van der Waals surface area contributed by atoms with Gasteiger partial charge in [-0.1, -0.05) is 11.6 Å². The maximum absolute atomic E-state index is 12.5. The quantitative estimate of drug-likeness (QED) is 0.582. The summed E-state index contributed by atoms with van der Waals surface area (Å²) in [4.78, 5) is 34.1. The van der Waals surface area contributed by atoms with E-state index in [0.29, 0.717) is 37.1 Å². The Kier molecular flexibility index (Phi) is 8.73. The number of nitrogens with one attached hydrogen (secondary N) is 1. The molecule has 2 aromatic heterocycles. The van der Waals surface area contributed by atoms with Gasteiger partial charge in [-0.3, -0.25) is 14.6 Å². The molecule has 1 fully saturated rings. The first kappa shape index (κ1) is 22.3. The summed E-state index contributed by atoms with van der Waals surface area (Å²) in [7, 11) is 0. The van der Waals surface area contributed by atoms with Crippen LogP contribution in [0.5, 0.6) is 5.75 Å². The van der Waals surface area contributed by atoms with Crippen molar-refractivity contribution in [3.05, 3.63) is 53.6 Å². The topological polar surface area (TPSA) is 93.7 Å². The van der Waals surface area contributed by atoms with E-state index in [0.717, 1.165) is 5.56 Å². The Hall–Kier alpha value is -2.36. The van der Waals surface area contributed by atoms with Crippen LogP contribution in [0.3, 0.4) is 0 Å². The summed E-state index contributed by atoms with van der Waals surface area (Å²) < 4.78 is 11.3. The largest absolute Gasteiger partial charge is 0.488 e. The van der Waals surface area contributed by atoms with E-state index in [1.165, 1.54) is 11.8 Å². The predicted octanol–water partition coefficient (Wildman–Crippen LogP) is 1.79. The van der Waals surface area contributed by atoms with Crippen LogP contribution in [0.15, 0.2) is 42.9 Å². The molecule has 3 heterocycles. The third-order valence-corrected chi connectivity index (χ3v) is 5.54. The first-order valence-corrected chi connectivity index (χ1v) is 11.0. The lowest BCUT2D eigenvalue weighted by atomic mass is 10.3. The molecule has 0 bridgehead atoms. The highest BCUT2D eigenvalue weighted by atomic mass is 35.5. The Bertz CT molecular complexity index is 843. The molecule has 0 spiro atoms. The van der Waals surface area contributed by atoms with Gasteiger partial charge in [-0.05, 0) is 29.8 Å². The zero-order valence-corrected chi connectivity index (χ0v) is 17.9. The Labute approximate surface area is 184 Å². The van der Waals surface area contributed by atoms with Crippen LogP contribution in [0.1, 0.15) is 5.56 Å². The number of pyridine rings is 2. The average molecular weight is 451 g/mol. The number of hydrogen-bond donors (Lipinski definition) is 1. The highest BCUT2D eigenvalue weighted by Crippen LogP contribution is 2.21. The second-order valence-corrected chi connectivity index (χ2v) is 7.90. The lowest BCUT2D eigenvalue weighted by molar-refractivity contribution is -0.137. The molecule has 1 N–H and O–H groups in total. The number of halogens is 1. The predicted molar refractivity (Wildman–Crippen MR) is 114 cm³/mol. The Morgan fingerprint density at radius 3 is 2.90 bits per heavy atom. The normalized spacial score (nSPS) is 16.2. The third-order valence-electron chi connectivity index (χ3n) is 4.34. The van der Waals surface area contributed by atoms with Gasteiger partial charge in [0.15, 0.2) is 10.9 Å². The average Bonchev–Trinajstić information content (AvgIpc) is 2.78. The highest BCUT2D eigenvalue weighted by molar-refractivity contribution is 8.00. The molecule has 0 radical (unpaired) electrons. The van der Waals surface area contributed by atoms with Crippen molar-refractivity contribution in [3.8, 4) is 5.75 Å². The van der Waals surface area contributed by atoms with Crippen LogP contribution in [-0.2, 0) is 20.9 Å². The third kappa shape index (κ3) is 7.16.